The van der Waals surface area contributed by atoms with E-state index < -0.39 is 0 Å². The molecule has 2 aromatic heterocycles. The monoisotopic (exact) mass is 267 g/mol. The number of hydrogen-bond acceptors (Lipinski definition) is 3. The highest BCUT2D eigenvalue weighted by Gasteiger charge is 2.21. The number of nitrogens with two attached hydrogens (primary N) is 1. The van der Waals surface area contributed by atoms with E-state index in [1.165, 1.54) is 25.7 Å². The number of para-hydroxylation sites is 1. The first-order valence-electron chi connectivity index (χ1n) is 7.15. The summed E-state index contributed by atoms with van der Waals surface area (Å²) < 4.78 is 7.87. The Morgan fingerprint density at radius 2 is 2.00 bits per heavy atom. The summed E-state index contributed by atoms with van der Waals surface area (Å²) in [6, 6.07) is 10.5. The number of nitrogens with zero attached hydrogens (tertiary/aromatic N) is 2. The Bertz CT molecular complexity index is 717. The van der Waals surface area contributed by atoms with Crippen LogP contribution in [0.2, 0.25) is 0 Å². The molecule has 20 heavy (non-hydrogen) atoms. The van der Waals surface area contributed by atoms with Crippen molar-refractivity contribution < 1.29 is 4.42 Å². The van der Waals surface area contributed by atoms with Crippen molar-refractivity contribution in [2.75, 3.05) is 5.73 Å². The maximum atomic E-state index is 6.12. The Morgan fingerprint density at radius 1 is 1.20 bits per heavy atom. The molecule has 1 aromatic carbocycles. The van der Waals surface area contributed by atoms with Gasteiger partial charge in [0.1, 0.15) is 5.58 Å². The fourth-order valence-electron chi connectivity index (χ4n) is 3.05. The SMILES string of the molecule is Nc1cn(C2CCCC2)nc1-c1cc2ccccc2o1. The standard InChI is InChI=1S/C16H17N3O/c17-13-10-19(12-6-2-3-7-12)18-16(13)15-9-11-5-1-4-8-14(11)20-15/h1,4-5,8-10,12H,2-3,6-7,17H2. The van der Waals surface area contributed by atoms with Gasteiger partial charge in [-0.25, -0.2) is 0 Å². The van der Waals surface area contributed by atoms with E-state index >= 15 is 0 Å². The van der Waals surface area contributed by atoms with Gasteiger partial charge in [-0.3, -0.25) is 4.68 Å². The topological polar surface area (TPSA) is 57.0 Å². The van der Waals surface area contributed by atoms with Crippen LogP contribution in [0.15, 0.2) is 40.9 Å². The van der Waals surface area contributed by atoms with Gasteiger partial charge in [-0.1, -0.05) is 31.0 Å². The van der Waals surface area contributed by atoms with Crippen LogP contribution in [0.4, 0.5) is 5.69 Å². The fourth-order valence-corrected chi connectivity index (χ4v) is 3.05. The number of benzene rings is 1. The third-order valence-electron chi connectivity index (χ3n) is 4.12. The molecule has 0 unspecified atom stereocenters. The molecule has 4 heteroatoms. The van der Waals surface area contributed by atoms with Gasteiger partial charge in [0.2, 0.25) is 0 Å². The van der Waals surface area contributed by atoms with E-state index in [1.54, 1.807) is 0 Å². The molecule has 0 bridgehead atoms. The zero-order valence-electron chi connectivity index (χ0n) is 11.2. The van der Waals surface area contributed by atoms with Gasteiger partial charge < -0.3 is 10.2 Å². The van der Waals surface area contributed by atoms with Gasteiger partial charge in [0.05, 0.1) is 11.7 Å². The fraction of sp³-hybridized carbons (Fsp3) is 0.312. The van der Waals surface area contributed by atoms with Gasteiger partial charge in [-0.15, -0.1) is 0 Å². The van der Waals surface area contributed by atoms with Gasteiger partial charge in [0.25, 0.3) is 0 Å². The molecule has 1 fully saturated rings. The molecule has 4 nitrogen and oxygen atoms in total. The smallest absolute Gasteiger partial charge is 0.157 e. The molecule has 1 aliphatic carbocycles. The summed E-state index contributed by atoms with van der Waals surface area (Å²) in [6.07, 6.45) is 6.90. The maximum absolute atomic E-state index is 6.12. The van der Waals surface area contributed by atoms with E-state index in [1.807, 2.05) is 41.2 Å². The molecule has 102 valence electrons. The lowest BCUT2D eigenvalue weighted by atomic mass is 10.2. The minimum absolute atomic E-state index is 0.496. The molecule has 4 rings (SSSR count). The van der Waals surface area contributed by atoms with Crippen molar-refractivity contribution in [1.82, 2.24) is 9.78 Å². The average Bonchev–Trinajstić information content (AvgIpc) is 3.16. The zero-order chi connectivity index (χ0) is 13.5. The lowest BCUT2D eigenvalue weighted by Gasteiger charge is -2.08. The number of aromatic nitrogens is 2. The zero-order valence-corrected chi connectivity index (χ0v) is 11.2. The van der Waals surface area contributed by atoms with Crippen LogP contribution in [0.5, 0.6) is 0 Å². The predicted molar refractivity (Wildman–Crippen MR) is 79.4 cm³/mol. The Morgan fingerprint density at radius 3 is 2.80 bits per heavy atom. The third kappa shape index (κ3) is 1.80. The third-order valence-corrected chi connectivity index (χ3v) is 4.12. The minimum Gasteiger partial charge on any atom is -0.454 e. The summed E-state index contributed by atoms with van der Waals surface area (Å²) in [6.45, 7) is 0. The van der Waals surface area contributed by atoms with Gasteiger partial charge in [-0.05, 0) is 25.0 Å². The first-order valence-corrected chi connectivity index (χ1v) is 7.15. The van der Waals surface area contributed by atoms with E-state index in [4.69, 9.17) is 10.2 Å². The Hall–Kier alpha value is -2.23. The van der Waals surface area contributed by atoms with Crippen molar-refractivity contribution in [1.29, 1.82) is 0 Å². The van der Waals surface area contributed by atoms with Crippen LogP contribution in [0.1, 0.15) is 31.7 Å². The van der Waals surface area contributed by atoms with Crippen molar-refractivity contribution >= 4 is 16.7 Å². The number of rotatable bonds is 2. The van der Waals surface area contributed by atoms with Crippen molar-refractivity contribution in [2.45, 2.75) is 31.7 Å². The van der Waals surface area contributed by atoms with Crippen molar-refractivity contribution in [3.05, 3.63) is 36.5 Å². The quantitative estimate of drug-likeness (QED) is 0.763. The Kier molecular flexibility index (Phi) is 2.55. The number of fused-ring (bicyclic) bond motifs is 1. The van der Waals surface area contributed by atoms with E-state index in [0.717, 1.165) is 22.4 Å². The average molecular weight is 267 g/mol. The first-order chi connectivity index (χ1) is 9.81. The Balaban J connectivity index is 1.77. The van der Waals surface area contributed by atoms with Crippen LogP contribution in [-0.2, 0) is 0 Å². The number of nitrogen functional groups attached to an aromatic ring is 1. The summed E-state index contributed by atoms with van der Waals surface area (Å²) in [5.41, 5.74) is 8.44. The second-order valence-corrected chi connectivity index (χ2v) is 5.50. The molecular weight excluding hydrogens is 250 g/mol. The highest BCUT2D eigenvalue weighted by Crippen LogP contribution is 2.34. The van der Waals surface area contributed by atoms with E-state index in [2.05, 4.69) is 5.10 Å². The van der Waals surface area contributed by atoms with Crippen molar-refractivity contribution in [3.63, 3.8) is 0 Å². The maximum Gasteiger partial charge on any atom is 0.157 e. The minimum atomic E-state index is 0.496. The molecule has 0 saturated heterocycles. The highest BCUT2D eigenvalue weighted by atomic mass is 16.3. The summed E-state index contributed by atoms with van der Waals surface area (Å²) in [7, 11) is 0. The van der Waals surface area contributed by atoms with Crippen LogP contribution in [0.3, 0.4) is 0 Å². The molecule has 0 amide bonds. The highest BCUT2D eigenvalue weighted by molar-refractivity contribution is 5.84. The molecular formula is C16H17N3O. The van der Waals surface area contributed by atoms with Crippen LogP contribution in [0.25, 0.3) is 22.4 Å². The van der Waals surface area contributed by atoms with E-state index in [-0.39, 0.29) is 0 Å². The molecule has 1 aliphatic rings. The number of furan rings is 1. The molecule has 0 aliphatic heterocycles. The Labute approximate surface area is 117 Å². The molecule has 0 radical (unpaired) electrons. The molecule has 0 spiro atoms. The lowest BCUT2D eigenvalue weighted by Crippen LogP contribution is -2.04. The largest absolute Gasteiger partial charge is 0.454 e. The first kappa shape index (κ1) is 11.6. The van der Waals surface area contributed by atoms with Gasteiger partial charge >= 0.3 is 0 Å². The number of anilines is 1. The van der Waals surface area contributed by atoms with Crippen LogP contribution < -0.4 is 5.73 Å². The molecule has 2 N–H and O–H groups in total. The molecule has 1 saturated carbocycles. The van der Waals surface area contributed by atoms with Crippen molar-refractivity contribution in [2.24, 2.45) is 0 Å². The summed E-state index contributed by atoms with van der Waals surface area (Å²) in [5, 5.41) is 5.74. The predicted octanol–water partition coefficient (Wildman–Crippen LogP) is 3.99. The van der Waals surface area contributed by atoms with E-state index in [9.17, 15) is 0 Å². The second-order valence-electron chi connectivity index (χ2n) is 5.50. The number of hydrogen-bond donors (Lipinski definition) is 1. The van der Waals surface area contributed by atoms with Gasteiger partial charge in [0.15, 0.2) is 11.5 Å². The lowest BCUT2D eigenvalue weighted by molar-refractivity contribution is 0.467. The van der Waals surface area contributed by atoms with Crippen LogP contribution in [-0.4, -0.2) is 9.78 Å². The summed E-state index contributed by atoms with van der Waals surface area (Å²) in [5.74, 6) is 0.750. The second kappa shape index (κ2) is 4.40. The van der Waals surface area contributed by atoms with E-state index in [0.29, 0.717) is 11.7 Å². The molecule has 0 atom stereocenters. The molecule has 3 aromatic rings. The van der Waals surface area contributed by atoms with Gasteiger partial charge in [-0.2, -0.15) is 5.10 Å². The van der Waals surface area contributed by atoms with Crippen molar-refractivity contribution in [3.8, 4) is 11.5 Å². The van der Waals surface area contributed by atoms with Crippen LogP contribution >= 0.6 is 0 Å². The summed E-state index contributed by atoms with van der Waals surface area (Å²) >= 11 is 0. The summed E-state index contributed by atoms with van der Waals surface area (Å²) in [4.78, 5) is 0. The van der Waals surface area contributed by atoms with Crippen LogP contribution in [0, 0.1) is 0 Å². The normalized spacial score (nSPS) is 16.2. The van der Waals surface area contributed by atoms with Gasteiger partial charge in [0, 0.05) is 11.6 Å². The molecule has 2 heterocycles.